The number of nitrogens with zero attached hydrogens (tertiary/aromatic N) is 2. The molecule has 0 aliphatic carbocycles. The van der Waals surface area contributed by atoms with Crippen LogP contribution in [0.5, 0.6) is 0 Å². The van der Waals surface area contributed by atoms with Crippen molar-refractivity contribution in [2.75, 3.05) is 12.3 Å². The van der Waals surface area contributed by atoms with Gasteiger partial charge in [0, 0.05) is 11.8 Å². The van der Waals surface area contributed by atoms with Crippen molar-refractivity contribution in [3.63, 3.8) is 0 Å². The zero-order valence-corrected chi connectivity index (χ0v) is 12.2. The highest BCUT2D eigenvalue weighted by Crippen LogP contribution is 2.18. The molecule has 1 aromatic rings. The number of likely N-dealkylation sites (N-methyl/N-ethyl adjacent to an activating group) is 1. The van der Waals surface area contributed by atoms with Crippen molar-refractivity contribution in [3.8, 4) is 0 Å². The predicted octanol–water partition coefficient (Wildman–Crippen LogP) is 0.697. The molecule has 1 rings (SSSR count). The van der Waals surface area contributed by atoms with Gasteiger partial charge in [-0.1, -0.05) is 18.7 Å². The zero-order valence-electron chi connectivity index (χ0n) is 11.3. The average Bonchev–Trinajstić information content (AvgIpc) is 2.69. The molecular weight excluding hydrogens is 268 g/mol. The Bertz CT molecular complexity index is 469. The summed E-state index contributed by atoms with van der Waals surface area (Å²) in [6.45, 7) is 6.29. The first kappa shape index (κ1) is 15.8. The monoisotopic (exact) mass is 288 g/mol. The van der Waals surface area contributed by atoms with Crippen molar-refractivity contribution in [1.82, 2.24) is 20.1 Å². The van der Waals surface area contributed by atoms with Gasteiger partial charge in [0.2, 0.25) is 0 Å². The molecule has 0 fully saturated rings. The molecule has 0 amide bonds. The van der Waals surface area contributed by atoms with Crippen LogP contribution in [0.25, 0.3) is 0 Å². The van der Waals surface area contributed by atoms with Crippen LogP contribution >= 0.6 is 11.8 Å². The molecule has 0 saturated heterocycles. The van der Waals surface area contributed by atoms with Gasteiger partial charge in [0.15, 0.2) is 5.16 Å². The summed E-state index contributed by atoms with van der Waals surface area (Å²) in [5, 5.41) is 18.9. The van der Waals surface area contributed by atoms with E-state index in [0.717, 1.165) is 0 Å². The number of aromatic amines is 1. The predicted molar refractivity (Wildman–Crippen MR) is 73.7 cm³/mol. The Kier molecular flexibility index (Phi) is 6.10. The number of carboxylic acids is 1. The maximum atomic E-state index is 11.5. The molecule has 8 heteroatoms. The van der Waals surface area contributed by atoms with E-state index in [2.05, 4.69) is 15.5 Å². The molecule has 19 heavy (non-hydrogen) atoms. The molecule has 108 valence electrons. The molecule has 0 bridgehead atoms. The molecule has 0 aliphatic rings. The van der Waals surface area contributed by atoms with Crippen LogP contribution in [0.4, 0.5) is 0 Å². The van der Waals surface area contributed by atoms with Crippen molar-refractivity contribution in [1.29, 1.82) is 0 Å². The maximum Gasteiger partial charge on any atom is 0.344 e. The topological polar surface area (TPSA) is 100 Å². The third kappa shape index (κ3) is 4.39. The van der Waals surface area contributed by atoms with E-state index in [-0.39, 0.29) is 11.7 Å². The molecule has 0 saturated carbocycles. The Morgan fingerprint density at radius 3 is 2.79 bits per heavy atom. The summed E-state index contributed by atoms with van der Waals surface area (Å²) in [4.78, 5) is 22.5. The lowest BCUT2D eigenvalue weighted by atomic mass is 10.2. The largest absolute Gasteiger partial charge is 0.480 e. The van der Waals surface area contributed by atoms with Gasteiger partial charge < -0.3 is 10.4 Å². The Hall–Kier alpha value is -1.28. The molecule has 0 aliphatic heterocycles. The highest BCUT2D eigenvalue weighted by Gasteiger charge is 2.17. The van der Waals surface area contributed by atoms with Crippen LogP contribution in [-0.2, 0) is 4.79 Å². The van der Waals surface area contributed by atoms with Gasteiger partial charge in [0.05, 0.1) is 0 Å². The van der Waals surface area contributed by atoms with Gasteiger partial charge in [0.25, 0.3) is 0 Å². The lowest BCUT2D eigenvalue weighted by Gasteiger charge is -2.13. The summed E-state index contributed by atoms with van der Waals surface area (Å²) in [5.41, 5.74) is -0.237. The average molecular weight is 288 g/mol. The molecule has 0 aromatic carbocycles. The van der Waals surface area contributed by atoms with E-state index in [1.54, 1.807) is 4.57 Å². The molecule has 1 heterocycles. The highest BCUT2D eigenvalue weighted by atomic mass is 32.2. The van der Waals surface area contributed by atoms with Crippen LogP contribution in [0.15, 0.2) is 9.95 Å². The Labute approximate surface area is 115 Å². The van der Waals surface area contributed by atoms with Crippen LogP contribution in [0, 0.1) is 0 Å². The lowest BCUT2D eigenvalue weighted by molar-refractivity contribution is -0.139. The number of H-pyrrole nitrogens is 1. The third-order valence-corrected chi connectivity index (χ3v) is 3.56. The summed E-state index contributed by atoms with van der Waals surface area (Å²) < 4.78 is 1.56. The second-order valence-corrected chi connectivity index (χ2v) is 5.42. The van der Waals surface area contributed by atoms with Gasteiger partial charge in [-0.05, 0) is 26.8 Å². The molecule has 1 unspecified atom stereocenters. The Morgan fingerprint density at radius 2 is 2.26 bits per heavy atom. The van der Waals surface area contributed by atoms with E-state index in [1.165, 1.54) is 11.8 Å². The van der Waals surface area contributed by atoms with Crippen molar-refractivity contribution in [2.45, 2.75) is 44.4 Å². The first-order valence-electron chi connectivity index (χ1n) is 6.23. The fourth-order valence-electron chi connectivity index (χ4n) is 1.67. The Balaban J connectivity index is 2.58. The standard InChI is InChI=1S/C11H20N4O3S/c1-4-12-8(9(16)17)5-6-19-11-14-13-10(18)15(11)7(2)3/h7-8,12H,4-6H2,1-3H3,(H,13,18)(H,16,17). The number of hydrogen-bond donors (Lipinski definition) is 3. The van der Waals surface area contributed by atoms with Crippen molar-refractivity contribution < 1.29 is 9.90 Å². The maximum absolute atomic E-state index is 11.5. The van der Waals surface area contributed by atoms with Crippen LogP contribution in [0.2, 0.25) is 0 Å². The normalized spacial score (nSPS) is 12.8. The number of thioether (sulfide) groups is 1. The number of carboxylic acid groups (broad SMARTS) is 1. The van der Waals surface area contributed by atoms with Crippen molar-refractivity contribution in [2.24, 2.45) is 0 Å². The van der Waals surface area contributed by atoms with Gasteiger partial charge in [-0.15, -0.1) is 5.10 Å². The van der Waals surface area contributed by atoms with Gasteiger partial charge in [-0.3, -0.25) is 9.36 Å². The van der Waals surface area contributed by atoms with Crippen molar-refractivity contribution in [3.05, 3.63) is 10.5 Å². The summed E-state index contributed by atoms with van der Waals surface area (Å²) in [6.07, 6.45) is 0.479. The summed E-state index contributed by atoms with van der Waals surface area (Å²) in [6, 6.07) is -0.534. The zero-order chi connectivity index (χ0) is 14.4. The van der Waals surface area contributed by atoms with Crippen LogP contribution in [0.3, 0.4) is 0 Å². The van der Waals surface area contributed by atoms with Gasteiger partial charge in [-0.25, -0.2) is 9.89 Å². The van der Waals surface area contributed by atoms with E-state index in [1.807, 2.05) is 20.8 Å². The number of nitrogens with one attached hydrogen (secondary N) is 2. The van der Waals surface area contributed by atoms with Gasteiger partial charge in [0.1, 0.15) is 6.04 Å². The van der Waals surface area contributed by atoms with Crippen LogP contribution < -0.4 is 11.0 Å². The molecular formula is C11H20N4O3S. The third-order valence-electron chi connectivity index (χ3n) is 2.57. The second-order valence-electron chi connectivity index (χ2n) is 4.36. The number of carbonyl (C=O) groups is 1. The summed E-state index contributed by atoms with van der Waals surface area (Å²) in [7, 11) is 0. The fraction of sp³-hybridized carbons (Fsp3) is 0.727. The minimum absolute atomic E-state index is 0.0257. The van der Waals surface area contributed by atoms with E-state index >= 15 is 0 Å². The quantitative estimate of drug-likeness (QED) is 0.609. The number of aromatic nitrogens is 3. The molecule has 0 radical (unpaired) electrons. The Morgan fingerprint density at radius 1 is 1.58 bits per heavy atom. The summed E-state index contributed by atoms with van der Waals surface area (Å²) >= 11 is 1.39. The van der Waals surface area contributed by atoms with E-state index in [4.69, 9.17) is 5.11 Å². The van der Waals surface area contributed by atoms with Crippen molar-refractivity contribution >= 4 is 17.7 Å². The van der Waals surface area contributed by atoms with Crippen LogP contribution in [0.1, 0.15) is 33.2 Å². The number of rotatable bonds is 8. The summed E-state index contributed by atoms with van der Waals surface area (Å²) in [5.74, 6) is -0.272. The van der Waals surface area contributed by atoms with Crippen LogP contribution in [-0.4, -0.2) is 44.2 Å². The molecule has 7 nitrogen and oxygen atoms in total. The minimum atomic E-state index is -0.856. The van der Waals surface area contributed by atoms with E-state index in [0.29, 0.717) is 23.9 Å². The lowest BCUT2D eigenvalue weighted by Crippen LogP contribution is -2.36. The number of aliphatic carboxylic acids is 1. The molecule has 1 aromatic heterocycles. The fourth-order valence-corrected chi connectivity index (χ4v) is 2.75. The highest BCUT2D eigenvalue weighted by molar-refractivity contribution is 7.99. The molecule has 3 N–H and O–H groups in total. The number of hydrogen-bond acceptors (Lipinski definition) is 5. The molecule has 0 spiro atoms. The van der Waals surface area contributed by atoms with Gasteiger partial charge in [-0.2, -0.15) is 0 Å². The van der Waals surface area contributed by atoms with Gasteiger partial charge >= 0.3 is 11.7 Å². The second kappa shape index (κ2) is 7.34. The first-order valence-corrected chi connectivity index (χ1v) is 7.21. The molecule has 1 atom stereocenters. The SMILES string of the molecule is CCNC(CCSc1n[nH]c(=O)n1C(C)C)C(=O)O. The minimum Gasteiger partial charge on any atom is -0.480 e. The van der Waals surface area contributed by atoms with E-state index < -0.39 is 12.0 Å². The first-order chi connectivity index (χ1) is 8.97. The van der Waals surface area contributed by atoms with E-state index in [9.17, 15) is 9.59 Å². The smallest absolute Gasteiger partial charge is 0.344 e.